The van der Waals surface area contributed by atoms with Crippen molar-refractivity contribution >= 4 is 10.1 Å². The van der Waals surface area contributed by atoms with Gasteiger partial charge in [-0.05, 0) is 19.4 Å². The number of hydrogen-bond donors (Lipinski definition) is 2. The van der Waals surface area contributed by atoms with Crippen molar-refractivity contribution in [3.63, 3.8) is 0 Å². The van der Waals surface area contributed by atoms with Crippen molar-refractivity contribution in [2.75, 3.05) is 5.75 Å². The Hall–Kier alpha value is -0.650. The van der Waals surface area contributed by atoms with Gasteiger partial charge < -0.3 is 5.73 Å². The predicted octanol–water partition coefficient (Wildman–Crippen LogP) is 0.724. The van der Waals surface area contributed by atoms with E-state index in [1.165, 1.54) is 0 Å². The summed E-state index contributed by atoms with van der Waals surface area (Å²) < 4.78 is 29.5. The highest BCUT2D eigenvalue weighted by Crippen LogP contribution is 2.04. The highest BCUT2D eigenvalue weighted by molar-refractivity contribution is 7.85. The van der Waals surface area contributed by atoms with Gasteiger partial charge in [-0.2, -0.15) is 8.42 Å². The van der Waals surface area contributed by atoms with Crippen LogP contribution in [0.4, 0.5) is 0 Å². The lowest BCUT2D eigenvalue weighted by Gasteiger charge is -2.10. The molecular weight excluding hydrogens is 190 g/mol. The predicted molar refractivity (Wildman–Crippen MR) is 53.0 cm³/mol. The van der Waals surface area contributed by atoms with Crippen LogP contribution in [0.5, 0.6) is 0 Å². The van der Waals surface area contributed by atoms with Gasteiger partial charge >= 0.3 is 0 Å². The Morgan fingerprint density at radius 2 is 2.08 bits per heavy atom. The van der Waals surface area contributed by atoms with Crippen LogP contribution in [0.3, 0.4) is 0 Å². The number of hydrogen-bond acceptors (Lipinski definition) is 3. The van der Waals surface area contributed by atoms with Gasteiger partial charge in [-0.25, -0.2) is 0 Å². The van der Waals surface area contributed by atoms with E-state index in [4.69, 9.17) is 10.3 Å². The molecule has 0 saturated carbocycles. The lowest BCUT2D eigenvalue weighted by Crippen LogP contribution is -2.30. The summed E-state index contributed by atoms with van der Waals surface area (Å²) in [5, 5.41) is 0. The molecule has 0 saturated heterocycles. The van der Waals surface area contributed by atoms with Crippen LogP contribution < -0.4 is 5.73 Å². The molecule has 0 aliphatic heterocycles. The zero-order chi connectivity index (χ0) is 10.5. The van der Waals surface area contributed by atoms with Crippen LogP contribution in [0.2, 0.25) is 0 Å². The van der Waals surface area contributed by atoms with Crippen molar-refractivity contribution in [3.8, 4) is 0 Å². The van der Waals surface area contributed by atoms with Crippen molar-refractivity contribution in [1.82, 2.24) is 0 Å². The Labute approximate surface area is 78.9 Å². The van der Waals surface area contributed by atoms with Crippen LogP contribution in [-0.2, 0) is 10.1 Å². The van der Waals surface area contributed by atoms with Crippen molar-refractivity contribution in [3.05, 3.63) is 23.8 Å². The molecule has 0 aromatic carbocycles. The SMILES string of the molecule is CC=CC(=CC)C(N)CS(=O)(=O)O. The average molecular weight is 205 g/mol. The monoisotopic (exact) mass is 205 g/mol. The first-order valence-corrected chi connectivity index (χ1v) is 5.51. The summed E-state index contributed by atoms with van der Waals surface area (Å²) in [7, 11) is -4.00. The molecule has 4 nitrogen and oxygen atoms in total. The van der Waals surface area contributed by atoms with Gasteiger partial charge in [0.2, 0.25) is 0 Å². The van der Waals surface area contributed by atoms with Crippen molar-refractivity contribution < 1.29 is 13.0 Å². The molecule has 0 aromatic rings. The lowest BCUT2D eigenvalue weighted by atomic mass is 10.1. The molecule has 0 aromatic heterocycles. The third-order valence-corrected chi connectivity index (χ3v) is 2.29. The Kier molecular flexibility index (Phi) is 4.90. The van der Waals surface area contributed by atoms with E-state index in [1.54, 1.807) is 25.2 Å². The molecule has 0 radical (unpaired) electrons. The number of allylic oxidation sites excluding steroid dienone is 2. The fourth-order valence-electron chi connectivity index (χ4n) is 0.949. The molecule has 0 heterocycles. The maximum absolute atomic E-state index is 10.5. The quantitative estimate of drug-likeness (QED) is 0.523. The van der Waals surface area contributed by atoms with Crippen LogP contribution >= 0.6 is 0 Å². The summed E-state index contributed by atoms with van der Waals surface area (Å²) >= 11 is 0. The second-order valence-electron chi connectivity index (χ2n) is 2.64. The van der Waals surface area contributed by atoms with E-state index in [1.807, 2.05) is 6.92 Å². The minimum absolute atomic E-state index is 0.447. The molecular formula is C8H15NO3S. The Balaban J connectivity index is 4.50. The van der Waals surface area contributed by atoms with Gasteiger partial charge in [0.1, 0.15) is 0 Å². The topological polar surface area (TPSA) is 80.4 Å². The van der Waals surface area contributed by atoms with E-state index in [2.05, 4.69) is 0 Å². The molecule has 0 amide bonds. The van der Waals surface area contributed by atoms with E-state index < -0.39 is 21.9 Å². The minimum Gasteiger partial charge on any atom is -0.323 e. The van der Waals surface area contributed by atoms with Gasteiger partial charge in [0.15, 0.2) is 0 Å². The lowest BCUT2D eigenvalue weighted by molar-refractivity contribution is 0.480. The number of nitrogens with two attached hydrogens (primary N) is 1. The van der Waals surface area contributed by atoms with Gasteiger partial charge in [0.25, 0.3) is 10.1 Å². The van der Waals surface area contributed by atoms with Crippen LogP contribution in [0.25, 0.3) is 0 Å². The van der Waals surface area contributed by atoms with E-state index in [-0.39, 0.29) is 0 Å². The molecule has 0 rings (SSSR count). The van der Waals surface area contributed by atoms with Gasteiger partial charge in [-0.1, -0.05) is 18.2 Å². The zero-order valence-corrected chi connectivity index (χ0v) is 8.58. The number of rotatable bonds is 4. The maximum Gasteiger partial charge on any atom is 0.266 e. The Morgan fingerprint density at radius 1 is 1.54 bits per heavy atom. The summed E-state index contributed by atoms with van der Waals surface area (Å²) in [6.45, 7) is 3.57. The summed E-state index contributed by atoms with van der Waals surface area (Å²) in [5.74, 6) is -0.447. The first-order valence-electron chi connectivity index (χ1n) is 3.90. The van der Waals surface area contributed by atoms with Gasteiger partial charge in [0, 0.05) is 6.04 Å². The molecule has 1 atom stereocenters. The van der Waals surface area contributed by atoms with Crippen LogP contribution in [0, 0.1) is 0 Å². The summed E-state index contributed by atoms with van der Waals surface area (Å²) in [5.41, 5.74) is 6.24. The molecule has 0 aliphatic rings. The highest BCUT2D eigenvalue weighted by atomic mass is 32.2. The molecule has 76 valence electrons. The van der Waals surface area contributed by atoms with Gasteiger partial charge in [-0.15, -0.1) is 0 Å². The fourth-order valence-corrected chi connectivity index (χ4v) is 1.60. The summed E-state index contributed by atoms with van der Waals surface area (Å²) in [4.78, 5) is 0. The van der Waals surface area contributed by atoms with Crippen LogP contribution in [0.1, 0.15) is 13.8 Å². The molecule has 0 aliphatic carbocycles. The van der Waals surface area contributed by atoms with E-state index in [0.29, 0.717) is 5.57 Å². The molecule has 5 heteroatoms. The Bertz CT molecular complexity index is 303. The molecule has 0 bridgehead atoms. The van der Waals surface area contributed by atoms with Crippen molar-refractivity contribution in [1.29, 1.82) is 0 Å². The van der Waals surface area contributed by atoms with Crippen LogP contribution in [-0.4, -0.2) is 24.8 Å². The van der Waals surface area contributed by atoms with Crippen molar-refractivity contribution in [2.24, 2.45) is 5.73 Å². The van der Waals surface area contributed by atoms with Gasteiger partial charge in [-0.3, -0.25) is 4.55 Å². The zero-order valence-electron chi connectivity index (χ0n) is 7.77. The normalized spacial score (nSPS) is 16.5. The molecule has 0 fully saturated rings. The second-order valence-corrected chi connectivity index (χ2v) is 4.14. The van der Waals surface area contributed by atoms with Crippen LogP contribution in [0.15, 0.2) is 23.8 Å². The first-order chi connectivity index (χ1) is 5.90. The van der Waals surface area contributed by atoms with Crippen molar-refractivity contribution in [2.45, 2.75) is 19.9 Å². The highest BCUT2D eigenvalue weighted by Gasteiger charge is 2.14. The third-order valence-electron chi connectivity index (χ3n) is 1.51. The van der Waals surface area contributed by atoms with E-state index in [0.717, 1.165) is 0 Å². The fraction of sp³-hybridized carbons (Fsp3) is 0.500. The average Bonchev–Trinajstić information content (AvgIpc) is 1.96. The van der Waals surface area contributed by atoms with E-state index >= 15 is 0 Å². The molecule has 0 spiro atoms. The van der Waals surface area contributed by atoms with E-state index in [9.17, 15) is 8.42 Å². The largest absolute Gasteiger partial charge is 0.323 e. The minimum atomic E-state index is -4.00. The first kappa shape index (κ1) is 12.3. The molecule has 3 N–H and O–H groups in total. The Morgan fingerprint density at radius 3 is 2.38 bits per heavy atom. The standard InChI is InChI=1S/C8H15NO3S/c1-3-5-7(4-2)8(9)6-13(10,11)12/h3-5,8H,6,9H2,1-2H3,(H,10,11,12). The molecule has 1 unspecified atom stereocenters. The maximum atomic E-state index is 10.5. The smallest absolute Gasteiger partial charge is 0.266 e. The third kappa shape index (κ3) is 5.57. The second kappa shape index (κ2) is 5.16. The summed E-state index contributed by atoms with van der Waals surface area (Å²) in [6.07, 6.45) is 5.20. The van der Waals surface area contributed by atoms with Gasteiger partial charge in [0.05, 0.1) is 5.75 Å². The summed E-state index contributed by atoms with van der Waals surface area (Å²) in [6, 6.07) is -0.670. The molecule has 13 heavy (non-hydrogen) atoms.